The van der Waals surface area contributed by atoms with Crippen LogP contribution in [0.3, 0.4) is 0 Å². The van der Waals surface area contributed by atoms with E-state index in [0.29, 0.717) is 13.2 Å². The second-order valence-corrected chi connectivity index (χ2v) is 2.82. The van der Waals surface area contributed by atoms with Gasteiger partial charge in [-0.15, -0.1) is 0 Å². The smallest absolute Gasteiger partial charge is 0.183 e. The fourth-order valence-electron chi connectivity index (χ4n) is 1.15. The van der Waals surface area contributed by atoms with Gasteiger partial charge in [0.05, 0.1) is 13.2 Å². The Hall–Kier alpha value is -0.120. The van der Waals surface area contributed by atoms with Crippen molar-refractivity contribution in [3.8, 4) is 0 Å². The number of hydrogen-bond donors (Lipinski definition) is 1. The second-order valence-electron chi connectivity index (χ2n) is 2.82. The molecule has 66 valence electrons. The van der Waals surface area contributed by atoms with Gasteiger partial charge in [0.1, 0.15) is 6.10 Å². The molecule has 0 radical (unpaired) electrons. The highest BCUT2D eigenvalue weighted by Gasteiger charge is 2.23. The third-order valence-electron chi connectivity index (χ3n) is 1.82. The van der Waals surface area contributed by atoms with Crippen LogP contribution in [0.15, 0.2) is 0 Å². The molecule has 1 atom stereocenters. The van der Waals surface area contributed by atoms with Gasteiger partial charge >= 0.3 is 0 Å². The molecule has 1 heterocycles. The van der Waals surface area contributed by atoms with Crippen LogP contribution in [0.25, 0.3) is 0 Å². The molecule has 1 aliphatic heterocycles. The van der Waals surface area contributed by atoms with Gasteiger partial charge < -0.3 is 14.6 Å². The van der Waals surface area contributed by atoms with E-state index in [1.807, 2.05) is 0 Å². The van der Waals surface area contributed by atoms with Crippen molar-refractivity contribution in [2.75, 3.05) is 13.2 Å². The molecule has 0 spiro atoms. The Bertz CT molecular complexity index is 99.5. The van der Waals surface area contributed by atoms with E-state index in [9.17, 15) is 5.11 Å². The molecule has 3 nitrogen and oxygen atoms in total. The Morgan fingerprint density at radius 1 is 1.45 bits per heavy atom. The minimum atomic E-state index is -0.433. The summed E-state index contributed by atoms with van der Waals surface area (Å²) in [6.07, 6.45) is 2.12. The van der Waals surface area contributed by atoms with Gasteiger partial charge in [-0.3, -0.25) is 0 Å². The summed E-state index contributed by atoms with van der Waals surface area (Å²) >= 11 is 0. The molecule has 1 saturated heterocycles. The number of ether oxygens (including phenoxy) is 2. The molecule has 0 aromatic rings. The Labute approximate surface area is 67.3 Å². The average molecular weight is 160 g/mol. The van der Waals surface area contributed by atoms with Crippen LogP contribution in [-0.4, -0.2) is 30.7 Å². The molecule has 0 amide bonds. The molecule has 1 rings (SSSR count). The third-order valence-corrected chi connectivity index (χ3v) is 1.82. The van der Waals surface area contributed by atoms with Crippen molar-refractivity contribution in [1.82, 2.24) is 0 Å². The SMILES string of the molecule is CCCCC(O)C1OCCO1. The molecule has 1 aliphatic rings. The van der Waals surface area contributed by atoms with Crippen LogP contribution in [0.5, 0.6) is 0 Å². The van der Waals surface area contributed by atoms with Crippen molar-refractivity contribution in [3.63, 3.8) is 0 Å². The topological polar surface area (TPSA) is 38.7 Å². The van der Waals surface area contributed by atoms with Crippen LogP contribution in [0.4, 0.5) is 0 Å². The molecular formula is C8H16O3. The minimum absolute atomic E-state index is 0.360. The summed E-state index contributed by atoms with van der Waals surface area (Å²) in [6, 6.07) is 0. The molecule has 3 heteroatoms. The number of rotatable bonds is 4. The minimum Gasteiger partial charge on any atom is -0.388 e. The molecule has 11 heavy (non-hydrogen) atoms. The van der Waals surface area contributed by atoms with E-state index < -0.39 is 6.10 Å². The third kappa shape index (κ3) is 2.77. The van der Waals surface area contributed by atoms with E-state index >= 15 is 0 Å². The molecule has 1 N–H and O–H groups in total. The summed E-state index contributed by atoms with van der Waals surface area (Å²) in [6.45, 7) is 3.34. The van der Waals surface area contributed by atoms with Crippen LogP contribution < -0.4 is 0 Å². The lowest BCUT2D eigenvalue weighted by Crippen LogP contribution is -2.26. The average Bonchev–Trinajstić information content (AvgIpc) is 2.52. The van der Waals surface area contributed by atoms with E-state index in [0.717, 1.165) is 19.3 Å². The summed E-state index contributed by atoms with van der Waals surface area (Å²) in [5, 5.41) is 9.43. The van der Waals surface area contributed by atoms with Gasteiger partial charge in [0.15, 0.2) is 6.29 Å². The maximum atomic E-state index is 9.43. The van der Waals surface area contributed by atoms with E-state index in [1.165, 1.54) is 0 Å². The number of aliphatic hydroxyl groups excluding tert-OH is 1. The van der Waals surface area contributed by atoms with Crippen molar-refractivity contribution in [2.45, 2.75) is 38.6 Å². The Morgan fingerprint density at radius 2 is 2.09 bits per heavy atom. The molecule has 0 aromatic heterocycles. The van der Waals surface area contributed by atoms with E-state index in [2.05, 4.69) is 6.92 Å². The Balaban J connectivity index is 2.12. The standard InChI is InChI=1S/C8H16O3/c1-2-3-4-7(9)8-10-5-6-11-8/h7-9H,2-6H2,1H3. The van der Waals surface area contributed by atoms with Gasteiger partial charge in [0.25, 0.3) is 0 Å². The molecule has 0 bridgehead atoms. The van der Waals surface area contributed by atoms with E-state index in [4.69, 9.17) is 9.47 Å². The molecule has 0 aromatic carbocycles. The largest absolute Gasteiger partial charge is 0.388 e. The van der Waals surface area contributed by atoms with Gasteiger partial charge in [0.2, 0.25) is 0 Å². The fourth-order valence-corrected chi connectivity index (χ4v) is 1.15. The first-order chi connectivity index (χ1) is 5.34. The summed E-state index contributed by atoms with van der Waals surface area (Å²) in [5.41, 5.74) is 0. The lowest BCUT2D eigenvalue weighted by molar-refractivity contribution is -0.122. The van der Waals surface area contributed by atoms with Crippen LogP contribution >= 0.6 is 0 Å². The Kier molecular flexibility index (Phi) is 3.83. The van der Waals surface area contributed by atoms with Gasteiger partial charge in [-0.2, -0.15) is 0 Å². The first-order valence-corrected chi connectivity index (χ1v) is 4.26. The van der Waals surface area contributed by atoms with E-state index in [-0.39, 0.29) is 6.29 Å². The number of aliphatic hydroxyl groups is 1. The van der Waals surface area contributed by atoms with Gasteiger partial charge in [-0.25, -0.2) is 0 Å². The summed E-state index contributed by atoms with van der Waals surface area (Å²) < 4.78 is 10.3. The first kappa shape index (κ1) is 8.97. The van der Waals surface area contributed by atoms with Crippen molar-refractivity contribution in [3.05, 3.63) is 0 Å². The van der Waals surface area contributed by atoms with Crippen molar-refractivity contribution >= 4 is 0 Å². The van der Waals surface area contributed by atoms with Gasteiger partial charge in [-0.05, 0) is 6.42 Å². The number of unbranched alkanes of at least 4 members (excludes halogenated alkanes) is 1. The van der Waals surface area contributed by atoms with Crippen molar-refractivity contribution < 1.29 is 14.6 Å². The van der Waals surface area contributed by atoms with Crippen molar-refractivity contribution in [1.29, 1.82) is 0 Å². The normalized spacial score (nSPS) is 22.4. The fraction of sp³-hybridized carbons (Fsp3) is 1.00. The maximum absolute atomic E-state index is 9.43. The van der Waals surface area contributed by atoms with Crippen LogP contribution in [-0.2, 0) is 9.47 Å². The first-order valence-electron chi connectivity index (χ1n) is 4.26. The zero-order valence-corrected chi connectivity index (χ0v) is 6.95. The predicted octanol–water partition coefficient (Wildman–Crippen LogP) is 0.910. The molecule has 0 saturated carbocycles. The maximum Gasteiger partial charge on any atom is 0.183 e. The summed E-state index contributed by atoms with van der Waals surface area (Å²) in [4.78, 5) is 0. The molecule has 0 aliphatic carbocycles. The predicted molar refractivity (Wildman–Crippen MR) is 41.2 cm³/mol. The number of hydrogen-bond acceptors (Lipinski definition) is 3. The van der Waals surface area contributed by atoms with E-state index in [1.54, 1.807) is 0 Å². The molecule has 1 unspecified atom stereocenters. The van der Waals surface area contributed by atoms with Crippen molar-refractivity contribution in [2.24, 2.45) is 0 Å². The second kappa shape index (κ2) is 4.70. The van der Waals surface area contributed by atoms with Crippen LogP contribution in [0.2, 0.25) is 0 Å². The monoisotopic (exact) mass is 160 g/mol. The van der Waals surface area contributed by atoms with Crippen LogP contribution in [0, 0.1) is 0 Å². The molecular weight excluding hydrogens is 144 g/mol. The summed E-state index contributed by atoms with van der Waals surface area (Å²) in [7, 11) is 0. The Morgan fingerprint density at radius 3 is 2.64 bits per heavy atom. The highest BCUT2D eigenvalue weighted by molar-refractivity contribution is 4.63. The lowest BCUT2D eigenvalue weighted by Gasteiger charge is -2.15. The highest BCUT2D eigenvalue weighted by atomic mass is 16.7. The van der Waals surface area contributed by atoms with Gasteiger partial charge in [0, 0.05) is 0 Å². The highest BCUT2D eigenvalue weighted by Crippen LogP contribution is 2.13. The lowest BCUT2D eigenvalue weighted by atomic mass is 10.1. The van der Waals surface area contributed by atoms with Crippen LogP contribution in [0.1, 0.15) is 26.2 Å². The zero-order valence-electron chi connectivity index (χ0n) is 6.95. The summed E-state index contributed by atoms with van der Waals surface area (Å²) in [5.74, 6) is 0. The quantitative estimate of drug-likeness (QED) is 0.664. The molecule has 1 fully saturated rings. The zero-order chi connectivity index (χ0) is 8.10. The van der Waals surface area contributed by atoms with Gasteiger partial charge in [-0.1, -0.05) is 19.8 Å².